The third-order valence-electron chi connectivity index (χ3n) is 3.79. The molecule has 3 rings (SSSR count). The fraction of sp³-hybridized carbons (Fsp3) is 0.211. The first kappa shape index (κ1) is 18.0. The largest absolute Gasteiger partial charge is 0.497 e. The molecule has 0 aliphatic carbocycles. The number of nitrogens with zero attached hydrogens (tertiary/aromatic N) is 1. The average molecular weight is 372 g/mol. The smallest absolute Gasteiger partial charge is 0.236 e. The van der Waals surface area contributed by atoms with Crippen LogP contribution in [0.15, 0.2) is 54.6 Å². The highest BCUT2D eigenvalue weighted by Crippen LogP contribution is 2.24. The first-order valence-corrected chi connectivity index (χ1v) is 9.76. The van der Waals surface area contributed by atoms with E-state index in [1.165, 1.54) is 0 Å². The molecule has 0 unspecified atom stereocenters. The number of benzene rings is 2. The summed E-state index contributed by atoms with van der Waals surface area (Å²) in [5.41, 5.74) is 2.02. The van der Waals surface area contributed by atoms with E-state index in [2.05, 4.69) is 9.71 Å². The van der Waals surface area contributed by atoms with Crippen LogP contribution in [0.4, 0.5) is 5.69 Å². The number of pyridine rings is 1. The van der Waals surface area contributed by atoms with Crippen molar-refractivity contribution in [2.75, 3.05) is 24.2 Å². The predicted octanol–water partition coefficient (Wildman–Crippen LogP) is 3.37. The molecule has 0 spiro atoms. The molecule has 0 saturated heterocycles. The first-order valence-electron chi connectivity index (χ1n) is 8.10. The van der Waals surface area contributed by atoms with Crippen molar-refractivity contribution >= 4 is 26.6 Å². The van der Waals surface area contributed by atoms with Gasteiger partial charge in [-0.1, -0.05) is 18.2 Å². The van der Waals surface area contributed by atoms with Crippen molar-refractivity contribution < 1.29 is 17.9 Å². The standard InChI is InChI=1S/C19H20N2O4S/c1-14-13-19(17-5-3-4-6-18(17)20-14)21-26(22,23)12-11-25-16-9-7-15(24-2)8-10-16/h3-10,13H,11-12H2,1-2H3,(H,20,21). The second-order valence-electron chi connectivity index (χ2n) is 5.77. The van der Waals surface area contributed by atoms with E-state index >= 15 is 0 Å². The van der Waals surface area contributed by atoms with Gasteiger partial charge in [-0.05, 0) is 43.3 Å². The van der Waals surface area contributed by atoms with Crippen LogP contribution < -0.4 is 14.2 Å². The zero-order valence-electron chi connectivity index (χ0n) is 14.6. The molecule has 0 radical (unpaired) electrons. The molecule has 0 fully saturated rings. The maximum atomic E-state index is 12.4. The number of rotatable bonds is 7. The van der Waals surface area contributed by atoms with Gasteiger partial charge in [0.05, 0.1) is 18.3 Å². The van der Waals surface area contributed by atoms with Gasteiger partial charge in [0.2, 0.25) is 10.0 Å². The highest BCUT2D eigenvalue weighted by molar-refractivity contribution is 7.92. The summed E-state index contributed by atoms with van der Waals surface area (Å²) in [5, 5.41) is 0.762. The summed E-state index contributed by atoms with van der Waals surface area (Å²) in [7, 11) is -1.97. The summed E-state index contributed by atoms with van der Waals surface area (Å²) in [6.45, 7) is 1.88. The minimum atomic E-state index is -3.55. The molecule has 0 atom stereocenters. The Bertz CT molecular complexity index is 1000. The third kappa shape index (κ3) is 4.43. The molecule has 0 saturated carbocycles. The van der Waals surface area contributed by atoms with Crippen LogP contribution in [0.5, 0.6) is 11.5 Å². The summed E-state index contributed by atoms with van der Waals surface area (Å²) in [6.07, 6.45) is 0. The van der Waals surface area contributed by atoms with E-state index in [-0.39, 0.29) is 12.4 Å². The fourth-order valence-electron chi connectivity index (χ4n) is 2.55. The zero-order chi connectivity index (χ0) is 18.6. The zero-order valence-corrected chi connectivity index (χ0v) is 15.4. The minimum Gasteiger partial charge on any atom is -0.497 e. The molecule has 6 nitrogen and oxygen atoms in total. The number of methoxy groups -OCH3 is 1. The van der Waals surface area contributed by atoms with Crippen molar-refractivity contribution in [1.82, 2.24) is 4.98 Å². The van der Waals surface area contributed by atoms with Gasteiger partial charge in [0.1, 0.15) is 23.9 Å². The maximum Gasteiger partial charge on any atom is 0.236 e. The number of aromatic nitrogens is 1. The lowest BCUT2D eigenvalue weighted by Gasteiger charge is -2.12. The van der Waals surface area contributed by atoms with Crippen molar-refractivity contribution in [3.8, 4) is 11.5 Å². The Labute approximate surface area is 152 Å². The van der Waals surface area contributed by atoms with E-state index in [0.717, 1.165) is 16.6 Å². The maximum absolute atomic E-state index is 12.4. The molecule has 26 heavy (non-hydrogen) atoms. The van der Waals surface area contributed by atoms with Crippen molar-refractivity contribution in [2.45, 2.75) is 6.92 Å². The number of sulfonamides is 1. The minimum absolute atomic E-state index is 0.0453. The van der Waals surface area contributed by atoms with E-state index in [1.807, 2.05) is 31.2 Å². The first-order chi connectivity index (χ1) is 12.5. The lowest BCUT2D eigenvalue weighted by molar-refractivity contribution is 0.340. The molecule has 1 N–H and O–H groups in total. The van der Waals surface area contributed by atoms with Crippen LogP contribution in [0.3, 0.4) is 0 Å². The number of hydrogen-bond donors (Lipinski definition) is 1. The van der Waals surface area contributed by atoms with E-state index in [0.29, 0.717) is 17.2 Å². The number of ether oxygens (including phenoxy) is 2. The van der Waals surface area contributed by atoms with Crippen molar-refractivity contribution in [3.05, 3.63) is 60.3 Å². The van der Waals surface area contributed by atoms with Gasteiger partial charge in [-0.2, -0.15) is 0 Å². The Morgan fingerprint density at radius 1 is 1.04 bits per heavy atom. The molecule has 7 heteroatoms. The Kier molecular flexibility index (Phi) is 5.27. The lowest BCUT2D eigenvalue weighted by atomic mass is 10.2. The molecule has 2 aromatic carbocycles. The fourth-order valence-corrected chi connectivity index (χ4v) is 3.46. The quantitative estimate of drug-likeness (QED) is 0.688. The topological polar surface area (TPSA) is 77.5 Å². The molecule has 1 aromatic heterocycles. The second-order valence-corrected chi connectivity index (χ2v) is 7.62. The van der Waals surface area contributed by atoms with Gasteiger partial charge in [-0.3, -0.25) is 9.71 Å². The van der Waals surface area contributed by atoms with E-state index < -0.39 is 10.0 Å². The molecular formula is C19H20N2O4S. The van der Waals surface area contributed by atoms with Gasteiger partial charge in [0.15, 0.2) is 0 Å². The highest BCUT2D eigenvalue weighted by Gasteiger charge is 2.14. The third-order valence-corrected chi connectivity index (χ3v) is 5.02. The van der Waals surface area contributed by atoms with E-state index in [1.54, 1.807) is 37.4 Å². The summed E-state index contributed by atoms with van der Waals surface area (Å²) in [6, 6.07) is 16.1. The van der Waals surface area contributed by atoms with Crippen molar-refractivity contribution in [2.24, 2.45) is 0 Å². The Balaban J connectivity index is 1.67. The number of nitrogens with one attached hydrogen (secondary N) is 1. The molecular weight excluding hydrogens is 352 g/mol. The van der Waals surface area contributed by atoms with Gasteiger partial charge in [0, 0.05) is 11.1 Å². The number of para-hydroxylation sites is 1. The van der Waals surface area contributed by atoms with Crippen LogP contribution in [0.25, 0.3) is 10.9 Å². The molecule has 0 aliphatic heterocycles. The van der Waals surface area contributed by atoms with Crippen LogP contribution in [-0.4, -0.2) is 32.9 Å². The summed E-state index contributed by atoms with van der Waals surface area (Å²) in [5.74, 6) is 1.15. The Morgan fingerprint density at radius 3 is 2.46 bits per heavy atom. The average Bonchev–Trinajstić information content (AvgIpc) is 2.61. The summed E-state index contributed by atoms with van der Waals surface area (Å²) >= 11 is 0. The van der Waals surface area contributed by atoms with Gasteiger partial charge in [-0.15, -0.1) is 0 Å². The van der Waals surface area contributed by atoms with Crippen LogP contribution in [0, 0.1) is 6.92 Å². The SMILES string of the molecule is COc1ccc(OCCS(=O)(=O)Nc2cc(C)nc3ccccc23)cc1. The Morgan fingerprint density at radius 2 is 1.73 bits per heavy atom. The normalized spacial score (nSPS) is 11.3. The molecule has 3 aromatic rings. The van der Waals surface area contributed by atoms with Crippen LogP contribution in [-0.2, 0) is 10.0 Å². The Hall–Kier alpha value is -2.80. The number of aryl methyl sites for hydroxylation is 1. The van der Waals surface area contributed by atoms with Gasteiger partial charge in [-0.25, -0.2) is 8.42 Å². The lowest BCUT2D eigenvalue weighted by Crippen LogP contribution is -2.21. The van der Waals surface area contributed by atoms with Gasteiger partial charge >= 0.3 is 0 Å². The van der Waals surface area contributed by atoms with E-state index in [9.17, 15) is 8.42 Å². The summed E-state index contributed by atoms with van der Waals surface area (Å²) in [4.78, 5) is 4.41. The second kappa shape index (κ2) is 7.61. The number of hydrogen-bond acceptors (Lipinski definition) is 5. The van der Waals surface area contributed by atoms with Crippen LogP contribution in [0.2, 0.25) is 0 Å². The molecule has 0 amide bonds. The van der Waals surface area contributed by atoms with Crippen molar-refractivity contribution in [3.63, 3.8) is 0 Å². The molecule has 0 bridgehead atoms. The predicted molar refractivity (Wildman–Crippen MR) is 102 cm³/mol. The van der Waals surface area contributed by atoms with Crippen LogP contribution in [0.1, 0.15) is 5.69 Å². The molecule has 136 valence electrons. The number of anilines is 1. The van der Waals surface area contributed by atoms with E-state index in [4.69, 9.17) is 9.47 Å². The van der Waals surface area contributed by atoms with Gasteiger partial charge < -0.3 is 9.47 Å². The monoisotopic (exact) mass is 372 g/mol. The molecule has 1 heterocycles. The number of fused-ring (bicyclic) bond motifs is 1. The highest BCUT2D eigenvalue weighted by atomic mass is 32.2. The molecule has 0 aliphatic rings. The summed E-state index contributed by atoms with van der Waals surface area (Å²) < 4.78 is 38.0. The van der Waals surface area contributed by atoms with Gasteiger partial charge in [0.25, 0.3) is 0 Å². The van der Waals surface area contributed by atoms with Crippen molar-refractivity contribution in [1.29, 1.82) is 0 Å². The van der Waals surface area contributed by atoms with Crippen LogP contribution >= 0.6 is 0 Å².